The van der Waals surface area contributed by atoms with Crippen LogP contribution in [0, 0.1) is 0 Å². The molecule has 2 aromatic rings. The molecule has 0 aliphatic carbocycles. The highest BCUT2D eigenvalue weighted by Crippen LogP contribution is 2.44. The zero-order valence-corrected chi connectivity index (χ0v) is 12.7. The molecule has 2 heterocycles. The first kappa shape index (κ1) is 14.8. The van der Waals surface area contributed by atoms with Gasteiger partial charge >= 0.3 is 6.18 Å². The van der Waals surface area contributed by atoms with Crippen molar-refractivity contribution in [3.8, 4) is 0 Å². The van der Waals surface area contributed by atoms with Gasteiger partial charge in [-0.05, 0) is 48.2 Å². The summed E-state index contributed by atoms with van der Waals surface area (Å²) in [5.41, 5.74) is 3.01. The summed E-state index contributed by atoms with van der Waals surface area (Å²) in [6, 6.07) is 14.6. The lowest BCUT2D eigenvalue weighted by Crippen LogP contribution is -2.34. The summed E-state index contributed by atoms with van der Waals surface area (Å²) >= 11 is 0. The van der Waals surface area contributed by atoms with Gasteiger partial charge in [0.1, 0.15) is 0 Å². The van der Waals surface area contributed by atoms with Crippen molar-refractivity contribution in [3.05, 3.63) is 70.8 Å². The Morgan fingerprint density at radius 1 is 0.913 bits per heavy atom. The normalized spacial score (nSPS) is 24.3. The molecular weight excluding hydrogens is 299 g/mol. The topological polar surface area (TPSA) is 3.24 Å². The minimum absolute atomic E-state index is 0.155. The van der Waals surface area contributed by atoms with Crippen LogP contribution in [0.3, 0.4) is 0 Å². The summed E-state index contributed by atoms with van der Waals surface area (Å²) in [5.74, 6) is 0.155. The highest BCUT2D eigenvalue weighted by molar-refractivity contribution is 5.43. The quantitative estimate of drug-likeness (QED) is 0.716. The number of benzene rings is 2. The molecule has 23 heavy (non-hydrogen) atoms. The summed E-state index contributed by atoms with van der Waals surface area (Å²) in [5, 5.41) is 0. The Balaban J connectivity index is 1.73. The van der Waals surface area contributed by atoms with Gasteiger partial charge in [-0.3, -0.25) is 4.90 Å². The van der Waals surface area contributed by atoms with Gasteiger partial charge < -0.3 is 0 Å². The minimum Gasteiger partial charge on any atom is -0.295 e. The van der Waals surface area contributed by atoms with Gasteiger partial charge in [-0.2, -0.15) is 13.2 Å². The van der Waals surface area contributed by atoms with Crippen LogP contribution in [0.4, 0.5) is 13.2 Å². The Morgan fingerprint density at radius 3 is 2.30 bits per heavy atom. The van der Waals surface area contributed by atoms with Crippen LogP contribution < -0.4 is 0 Å². The van der Waals surface area contributed by atoms with E-state index < -0.39 is 11.7 Å². The van der Waals surface area contributed by atoms with E-state index in [1.54, 1.807) is 12.1 Å². The van der Waals surface area contributed by atoms with Crippen molar-refractivity contribution in [1.29, 1.82) is 0 Å². The standard InChI is InChI=1S/C19H18F3N/c20-19(21,22)14-9-7-13(8-10-14)17-12-23-11-3-6-18(23)16-5-2-1-4-15(16)17/h1-2,4-5,7-10,17-18H,3,6,11-12H2/t17-,18-/m0/s1. The fourth-order valence-electron chi connectivity index (χ4n) is 4.05. The van der Waals surface area contributed by atoms with Gasteiger partial charge in [0, 0.05) is 18.5 Å². The van der Waals surface area contributed by atoms with Crippen LogP contribution in [0.15, 0.2) is 48.5 Å². The Kier molecular flexibility index (Phi) is 3.45. The molecule has 1 saturated heterocycles. The molecule has 120 valence electrons. The van der Waals surface area contributed by atoms with Gasteiger partial charge in [-0.25, -0.2) is 0 Å². The molecule has 0 amide bonds. The monoisotopic (exact) mass is 317 g/mol. The number of alkyl halides is 3. The average molecular weight is 317 g/mol. The van der Waals surface area contributed by atoms with Crippen LogP contribution in [0.2, 0.25) is 0 Å². The Hall–Kier alpha value is -1.81. The van der Waals surface area contributed by atoms with E-state index in [4.69, 9.17) is 0 Å². The van der Waals surface area contributed by atoms with Gasteiger partial charge in [0.2, 0.25) is 0 Å². The highest BCUT2D eigenvalue weighted by atomic mass is 19.4. The second-order valence-electron chi connectivity index (χ2n) is 6.45. The van der Waals surface area contributed by atoms with Crippen molar-refractivity contribution in [3.63, 3.8) is 0 Å². The van der Waals surface area contributed by atoms with E-state index in [1.807, 2.05) is 6.07 Å². The molecule has 4 heteroatoms. The van der Waals surface area contributed by atoms with Crippen molar-refractivity contribution in [1.82, 2.24) is 4.90 Å². The van der Waals surface area contributed by atoms with Gasteiger partial charge in [0.05, 0.1) is 5.56 Å². The van der Waals surface area contributed by atoms with E-state index >= 15 is 0 Å². The van der Waals surface area contributed by atoms with Crippen LogP contribution in [0.5, 0.6) is 0 Å². The van der Waals surface area contributed by atoms with Gasteiger partial charge in [-0.15, -0.1) is 0 Å². The summed E-state index contributed by atoms with van der Waals surface area (Å²) < 4.78 is 38.3. The molecule has 2 aliphatic heterocycles. The molecule has 0 saturated carbocycles. The second kappa shape index (κ2) is 5.38. The van der Waals surface area contributed by atoms with Crippen molar-refractivity contribution < 1.29 is 13.2 Å². The first-order chi connectivity index (χ1) is 11.0. The third kappa shape index (κ3) is 2.55. The summed E-state index contributed by atoms with van der Waals surface area (Å²) in [4.78, 5) is 2.48. The van der Waals surface area contributed by atoms with Crippen LogP contribution >= 0.6 is 0 Å². The first-order valence-electron chi connectivity index (χ1n) is 8.04. The van der Waals surface area contributed by atoms with Crippen molar-refractivity contribution >= 4 is 0 Å². The first-order valence-corrected chi connectivity index (χ1v) is 8.04. The fourth-order valence-corrected chi connectivity index (χ4v) is 4.05. The van der Waals surface area contributed by atoms with Crippen LogP contribution in [-0.4, -0.2) is 18.0 Å². The van der Waals surface area contributed by atoms with E-state index in [0.29, 0.717) is 6.04 Å². The minimum atomic E-state index is -4.27. The Bertz CT molecular complexity index is 705. The Morgan fingerprint density at radius 2 is 1.61 bits per heavy atom. The SMILES string of the molecule is FC(F)(F)c1ccc([C@@H]2CN3CCC[C@H]3c3ccccc32)cc1. The van der Waals surface area contributed by atoms with Crippen molar-refractivity contribution in [2.75, 3.05) is 13.1 Å². The zero-order chi connectivity index (χ0) is 16.0. The van der Waals surface area contributed by atoms with Crippen LogP contribution in [0.1, 0.15) is 47.1 Å². The molecule has 2 atom stereocenters. The molecule has 2 aromatic carbocycles. The van der Waals surface area contributed by atoms with Gasteiger partial charge in [-0.1, -0.05) is 36.4 Å². The third-order valence-corrected chi connectivity index (χ3v) is 5.15. The van der Waals surface area contributed by atoms with Gasteiger partial charge in [0.15, 0.2) is 0 Å². The Labute approximate surface area is 133 Å². The molecule has 0 radical (unpaired) electrons. The highest BCUT2D eigenvalue weighted by Gasteiger charge is 2.36. The average Bonchev–Trinajstić information content (AvgIpc) is 3.02. The second-order valence-corrected chi connectivity index (χ2v) is 6.45. The van der Waals surface area contributed by atoms with Crippen LogP contribution in [-0.2, 0) is 6.18 Å². The van der Waals surface area contributed by atoms with E-state index in [9.17, 15) is 13.2 Å². The number of rotatable bonds is 1. The molecule has 4 rings (SSSR count). The van der Waals surface area contributed by atoms with E-state index in [2.05, 4.69) is 23.1 Å². The number of hydrogen-bond acceptors (Lipinski definition) is 1. The summed E-state index contributed by atoms with van der Waals surface area (Å²) in [6.07, 6.45) is -1.90. The molecule has 2 aliphatic rings. The third-order valence-electron chi connectivity index (χ3n) is 5.15. The predicted molar refractivity (Wildman–Crippen MR) is 83.3 cm³/mol. The number of nitrogens with zero attached hydrogens (tertiary/aromatic N) is 1. The molecular formula is C19H18F3N. The number of fused-ring (bicyclic) bond motifs is 3. The van der Waals surface area contributed by atoms with E-state index in [-0.39, 0.29) is 5.92 Å². The molecule has 0 bridgehead atoms. The van der Waals surface area contributed by atoms with Crippen molar-refractivity contribution in [2.45, 2.75) is 31.0 Å². The lowest BCUT2D eigenvalue weighted by atomic mass is 9.81. The molecule has 0 spiro atoms. The molecule has 0 N–H and O–H groups in total. The lowest BCUT2D eigenvalue weighted by molar-refractivity contribution is -0.137. The molecule has 0 unspecified atom stereocenters. The molecule has 0 aromatic heterocycles. The molecule has 1 fully saturated rings. The maximum absolute atomic E-state index is 12.8. The van der Waals surface area contributed by atoms with Gasteiger partial charge in [0.25, 0.3) is 0 Å². The number of halogens is 3. The fraction of sp³-hybridized carbons (Fsp3) is 0.368. The summed E-state index contributed by atoms with van der Waals surface area (Å²) in [7, 11) is 0. The zero-order valence-electron chi connectivity index (χ0n) is 12.7. The van der Waals surface area contributed by atoms with E-state index in [0.717, 1.165) is 18.7 Å². The largest absolute Gasteiger partial charge is 0.416 e. The van der Waals surface area contributed by atoms with Crippen LogP contribution in [0.25, 0.3) is 0 Å². The molecule has 1 nitrogen and oxygen atoms in total. The smallest absolute Gasteiger partial charge is 0.295 e. The lowest BCUT2D eigenvalue weighted by Gasteiger charge is -2.37. The van der Waals surface area contributed by atoms with Crippen molar-refractivity contribution in [2.24, 2.45) is 0 Å². The maximum Gasteiger partial charge on any atom is 0.416 e. The van der Waals surface area contributed by atoms with E-state index in [1.165, 1.54) is 36.1 Å². The summed E-state index contributed by atoms with van der Waals surface area (Å²) in [6.45, 7) is 1.98. The number of hydrogen-bond donors (Lipinski definition) is 0. The maximum atomic E-state index is 12.8. The predicted octanol–water partition coefficient (Wildman–Crippen LogP) is 4.99.